The third-order valence-electron chi connectivity index (χ3n) is 4.54. The van der Waals surface area contributed by atoms with Crippen LogP contribution >= 0.6 is 11.6 Å². The van der Waals surface area contributed by atoms with Gasteiger partial charge in [-0.3, -0.25) is 0 Å². The number of hydrogen-bond acceptors (Lipinski definition) is 1. The molecule has 0 saturated carbocycles. The van der Waals surface area contributed by atoms with Gasteiger partial charge in [0.15, 0.2) is 0 Å². The molecule has 0 aliphatic rings. The number of hydrogen-bond donors (Lipinski definition) is 0. The summed E-state index contributed by atoms with van der Waals surface area (Å²) in [5.74, 6) is 0.880. The molecule has 0 amide bonds. The summed E-state index contributed by atoms with van der Waals surface area (Å²) >= 11 is 6.56. The van der Waals surface area contributed by atoms with Gasteiger partial charge in [-0.25, -0.2) is 0 Å². The first-order valence-electron chi connectivity index (χ1n) is 8.14. The van der Waals surface area contributed by atoms with Crippen molar-refractivity contribution in [2.45, 2.75) is 12.1 Å². The fraction of sp³-hybridized carbons (Fsp3) is 0.143. The Hall–Kier alpha value is -2.03. The maximum absolute atomic E-state index is 6.56. The summed E-state index contributed by atoms with van der Waals surface area (Å²) in [5, 5.41) is 2.28. The highest BCUT2D eigenvalue weighted by atomic mass is 35.5. The van der Waals surface area contributed by atoms with Gasteiger partial charge in [-0.05, 0) is 29.3 Å². The summed E-state index contributed by atoms with van der Waals surface area (Å²) in [7, 11) is 0.390. The van der Waals surface area contributed by atoms with Gasteiger partial charge in [-0.2, -0.15) is 0 Å². The first-order valence-corrected chi connectivity index (χ1v) is 10.9. The van der Waals surface area contributed by atoms with Gasteiger partial charge in [0.05, 0.1) is 15.9 Å². The topological polar surface area (TPSA) is 9.23 Å². The van der Waals surface area contributed by atoms with Crippen LogP contribution in [0.1, 0.15) is 16.7 Å². The molecule has 3 heteroatoms. The van der Waals surface area contributed by atoms with Crippen molar-refractivity contribution in [3.05, 3.63) is 95.0 Å². The van der Waals surface area contributed by atoms with Crippen LogP contribution in [0.15, 0.2) is 78.9 Å². The maximum Gasteiger partial charge on any atom is 0.118 e. The third-order valence-corrected chi connectivity index (χ3v) is 8.07. The van der Waals surface area contributed by atoms with E-state index >= 15 is 0 Å². The van der Waals surface area contributed by atoms with E-state index in [-0.39, 0.29) is 0 Å². The highest BCUT2D eigenvalue weighted by Gasteiger charge is 2.25. The van der Waals surface area contributed by atoms with E-state index in [1.54, 1.807) is 7.11 Å². The molecular formula is C21H21ClOSi. The fourth-order valence-corrected chi connectivity index (χ4v) is 6.43. The van der Waals surface area contributed by atoms with Crippen LogP contribution in [0.3, 0.4) is 0 Å². The Morgan fingerprint density at radius 1 is 0.833 bits per heavy atom. The van der Waals surface area contributed by atoms with Crippen LogP contribution in [0.5, 0.6) is 5.75 Å². The predicted octanol–water partition coefficient (Wildman–Crippen LogP) is 4.78. The van der Waals surface area contributed by atoms with E-state index in [2.05, 4.69) is 61.1 Å². The van der Waals surface area contributed by atoms with E-state index in [1.807, 2.05) is 24.3 Å². The lowest BCUT2D eigenvalue weighted by molar-refractivity contribution is 0.414. The molecule has 3 aromatic carbocycles. The van der Waals surface area contributed by atoms with Crippen molar-refractivity contribution in [3.63, 3.8) is 0 Å². The third kappa shape index (κ3) is 3.55. The monoisotopic (exact) mass is 352 g/mol. The molecule has 122 valence electrons. The van der Waals surface area contributed by atoms with E-state index < -0.39 is 8.80 Å². The molecule has 0 aliphatic heterocycles. The summed E-state index contributed by atoms with van der Waals surface area (Å²) in [6.45, 7) is 2.40. The molecule has 0 N–H and O–H groups in total. The van der Waals surface area contributed by atoms with Gasteiger partial charge in [0.25, 0.3) is 0 Å². The van der Waals surface area contributed by atoms with Crippen molar-refractivity contribution >= 4 is 25.6 Å². The van der Waals surface area contributed by atoms with Gasteiger partial charge in [-0.15, -0.1) is 0 Å². The van der Waals surface area contributed by atoms with Crippen molar-refractivity contribution < 1.29 is 4.74 Å². The molecule has 3 rings (SSSR count). The van der Waals surface area contributed by atoms with Crippen LogP contribution < -0.4 is 9.92 Å². The largest absolute Gasteiger partial charge is 0.497 e. The second-order valence-electron chi connectivity index (χ2n) is 5.97. The van der Waals surface area contributed by atoms with Gasteiger partial charge < -0.3 is 4.74 Å². The zero-order valence-electron chi connectivity index (χ0n) is 13.9. The van der Waals surface area contributed by atoms with Crippen molar-refractivity contribution in [3.8, 4) is 5.75 Å². The lowest BCUT2D eigenvalue weighted by Crippen LogP contribution is -2.34. The molecule has 0 saturated heterocycles. The van der Waals surface area contributed by atoms with Crippen molar-refractivity contribution in [2.24, 2.45) is 0 Å². The Balaban J connectivity index is 2.08. The molecule has 0 spiro atoms. The molecule has 0 bridgehead atoms. The van der Waals surface area contributed by atoms with Crippen molar-refractivity contribution in [2.75, 3.05) is 7.11 Å². The molecule has 2 atom stereocenters. The predicted molar refractivity (Wildman–Crippen MR) is 105 cm³/mol. The molecule has 0 radical (unpaired) electrons. The number of methoxy groups -OCH3 is 1. The molecular weight excluding hydrogens is 332 g/mol. The molecule has 0 aromatic heterocycles. The molecule has 24 heavy (non-hydrogen) atoms. The Bertz CT molecular complexity index is 786. The Morgan fingerprint density at radius 2 is 1.46 bits per heavy atom. The SMILES string of the molecule is COc1ccc([C@@H](c2ccccc2Cl)[Si@H](C)c2ccccc2)cc1. The summed E-state index contributed by atoms with van der Waals surface area (Å²) < 4.78 is 5.31. The highest BCUT2D eigenvalue weighted by molar-refractivity contribution is 6.74. The lowest BCUT2D eigenvalue weighted by atomic mass is 10.0. The van der Waals surface area contributed by atoms with Gasteiger partial charge in [0.2, 0.25) is 0 Å². The molecule has 1 nitrogen and oxygen atoms in total. The summed E-state index contributed by atoms with van der Waals surface area (Å²) in [4.78, 5) is 0. The van der Waals surface area contributed by atoms with E-state index in [0.717, 1.165) is 10.8 Å². The van der Waals surface area contributed by atoms with Crippen LogP contribution in [0.2, 0.25) is 11.6 Å². The second-order valence-corrected chi connectivity index (χ2v) is 9.29. The highest BCUT2D eigenvalue weighted by Crippen LogP contribution is 2.33. The first-order chi connectivity index (χ1) is 11.7. The summed E-state index contributed by atoms with van der Waals surface area (Å²) in [6.07, 6.45) is 0. The minimum absolute atomic E-state index is 0.326. The molecule has 0 aliphatic carbocycles. The minimum atomic E-state index is -1.31. The van der Waals surface area contributed by atoms with E-state index in [1.165, 1.54) is 16.3 Å². The Morgan fingerprint density at radius 3 is 2.08 bits per heavy atom. The normalized spacial score (nSPS) is 13.3. The quantitative estimate of drug-likeness (QED) is 0.600. The number of halogens is 1. The average Bonchev–Trinajstić information content (AvgIpc) is 2.64. The zero-order valence-corrected chi connectivity index (χ0v) is 15.9. The summed E-state index contributed by atoms with van der Waals surface area (Å²) in [5.41, 5.74) is 2.84. The second kappa shape index (κ2) is 7.69. The zero-order chi connectivity index (χ0) is 16.9. The summed E-state index contributed by atoms with van der Waals surface area (Å²) in [6, 6.07) is 27.4. The van der Waals surface area contributed by atoms with E-state index in [9.17, 15) is 0 Å². The van der Waals surface area contributed by atoms with Crippen LogP contribution in [-0.2, 0) is 0 Å². The molecule has 0 heterocycles. The standard InChI is InChI=1S/C21H21ClOSi/c1-23-17-14-12-16(13-15-17)21(19-10-6-7-11-20(19)22)24(2)18-8-4-3-5-9-18/h3-15,21,24H,1-2H3/t21-,24+/m0/s1. The maximum atomic E-state index is 6.56. The number of benzene rings is 3. The first kappa shape index (κ1) is 16.8. The van der Waals surface area contributed by atoms with E-state index in [4.69, 9.17) is 16.3 Å². The Kier molecular flexibility index (Phi) is 5.39. The fourth-order valence-electron chi connectivity index (χ4n) is 3.23. The number of rotatable bonds is 5. The van der Waals surface area contributed by atoms with Crippen LogP contribution in [-0.4, -0.2) is 15.9 Å². The Labute approximate surface area is 150 Å². The number of ether oxygens (including phenoxy) is 1. The van der Waals surface area contributed by atoms with Gasteiger partial charge in [0, 0.05) is 10.6 Å². The van der Waals surface area contributed by atoms with Crippen LogP contribution in [0.4, 0.5) is 0 Å². The van der Waals surface area contributed by atoms with Crippen LogP contribution in [0, 0.1) is 0 Å². The van der Waals surface area contributed by atoms with Crippen LogP contribution in [0.25, 0.3) is 0 Å². The van der Waals surface area contributed by atoms with E-state index in [0.29, 0.717) is 5.54 Å². The lowest BCUT2D eigenvalue weighted by Gasteiger charge is -2.25. The molecule has 0 fully saturated rings. The van der Waals surface area contributed by atoms with Gasteiger partial charge in [-0.1, -0.05) is 84.0 Å². The van der Waals surface area contributed by atoms with Crippen molar-refractivity contribution in [1.29, 1.82) is 0 Å². The minimum Gasteiger partial charge on any atom is -0.497 e. The molecule has 0 unspecified atom stereocenters. The van der Waals surface area contributed by atoms with Gasteiger partial charge >= 0.3 is 0 Å². The van der Waals surface area contributed by atoms with Crippen molar-refractivity contribution in [1.82, 2.24) is 0 Å². The molecule has 3 aromatic rings. The van der Waals surface area contributed by atoms with Gasteiger partial charge in [0.1, 0.15) is 5.75 Å². The smallest absolute Gasteiger partial charge is 0.118 e. The average molecular weight is 353 g/mol.